The van der Waals surface area contributed by atoms with Gasteiger partial charge in [0, 0.05) is 13.0 Å². The number of piperidine rings is 1. The number of likely N-dealkylation sites (N-methyl/N-ethyl adjacent to an activating group) is 1. The molecule has 0 amide bonds. The number of hydrogen-bond donors (Lipinski definition) is 1. The molecule has 0 radical (unpaired) electrons. The predicted molar refractivity (Wildman–Crippen MR) is 46.1 cm³/mol. The Hall–Kier alpha value is -0.610. The summed E-state index contributed by atoms with van der Waals surface area (Å²) in [7, 11) is 1.95. The molecule has 0 aliphatic carbocycles. The van der Waals surface area contributed by atoms with Gasteiger partial charge in [-0.05, 0) is 20.0 Å². The Labute approximate surface area is 77.5 Å². The highest BCUT2D eigenvalue weighted by Crippen LogP contribution is 2.40. The van der Waals surface area contributed by atoms with Crippen molar-refractivity contribution in [2.24, 2.45) is 5.41 Å². The molecule has 4 nitrogen and oxygen atoms in total. The molecule has 2 aliphatic heterocycles. The smallest absolute Gasteiger partial charge is 0.314 e. The van der Waals surface area contributed by atoms with Gasteiger partial charge in [-0.1, -0.05) is 0 Å². The lowest BCUT2D eigenvalue weighted by molar-refractivity contribution is -0.155. The molecule has 2 rings (SSSR count). The maximum absolute atomic E-state index is 11.5. The van der Waals surface area contributed by atoms with Gasteiger partial charge in [0.25, 0.3) is 0 Å². The maximum atomic E-state index is 11.5. The van der Waals surface area contributed by atoms with Crippen LogP contribution in [-0.2, 0) is 9.53 Å². The summed E-state index contributed by atoms with van der Waals surface area (Å²) in [6.07, 6.45) is 0.853. The number of β-amino-alcohol motifs (C(OH)–C–C–N with tert-alkyl or cyclic N) is 1. The second kappa shape index (κ2) is 2.96. The fourth-order valence-electron chi connectivity index (χ4n) is 2.22. The van der Waals surface area contributed by atoms with Crippen LogP contribution >= 0.6 is 0 Å². The third-order valence-corrected chi connectivity index (χ3v) is 3.25. The van der Waals surface area contributed by atoms with Crippen LogP contribution in [-0.4, -0.2) is 48.8 Å². The summed E-state index contributed by atoms with van der Waals surface area (Å²) in [6.45, 7) is 1.92. The van der Waals surface area contributed by atoms with Gasteiger partial charge in [0.15, 0.2) is 0 Å². The summed E-state index contributed by atoms with van der Waals surface area (Å²) in [5.74, 6) is -0.201. The summed E-state index contributed by atoms with van der Waals surface area (Å²) < 4.78 is 4.93. The van der Waals surface area contributed by atoms with Crippen LogP contribution in [0.1, 0.15) is 12.8 Å². The van der Waals surface area contributed by atoms with Crippen LogP contribution in [0.3, 0.4) is 0 Å². The first kappa shape index (κ1) is 8.97. The highest BCUT2D eigenvalue weighted by atomic mass is 16.5. The van der Waals surface area contributed by atoms with Gasteiger partial charge in [-0.25, -0.2) is 0 Å². The average Bonchev–Trinajstić information content (AvgIpc) is 2.43. The zero-order chi connectivity index (χ0) is 9.47. The number of nitrogens with zero attached hydrogens (tertiary/aromatic N) is 1. The fourth-order valence-corrected chi connectivity index (χ4v) is 2.22. The van der Waals surface area contributed by atoms with E-state index < -0.39 is 11.5 Å². The number of likely N-dealkylation sites (tertiary alicyclic amines) is 1. The second-order valence-electron chi connectivity index (χ2n) is 4.07. The molecule has 0 aromatic carbocycles. The molecule has 13 heavy (non-hydrogen) atoms. The Kier molecular flexibility index (Phi) is 2.04. The lowest BCUT2D eigenvalue weighted by atomic mass is 9.75. The fraction of sp³-hybridized carbons (Fsp3) is 0.889. The van der Waals surface area contributed by atoms with Crippen molar-refractivity contribution in [2.45, 2.75) is 18.9 Å². The van der Waals surface area contributed by atoms with Crippen molar-refractivity contribution in [3.05, 3.63) is 0 Å². The monoisotopic (exact) mass is 185 g/mol. The summed E-state index contributed by atoms with van der Waals surface area (Å²) in [5.41, 5.74) is -0.577. The van der Waals surface area contributed by atoms with Crippen LogP contribution < -0.4 is 0 Å². The van der Waals surface area contributed by atoms with Gasteiger partial charge < -0.3 is 14.7 Å². The van der Waals surface area contributed by atoms with Crippen molar-refractivity contribution in [1.82, 2.24) is 4.90 Å². The summed E-state index contributed by atoms with van der Waals surface area (Å²) in [4.78, 5) is 13.5. The van der Waals surface area contributed by atoms with Gasteiger partial charge in [0.1, 0.15) is 0 Å². The first-order chi connectivity index (χ1) is 6.15. The molecule has 1 spiro atoms. The van der Waals surface area contributed by atoms with Crippen LogP contribution in [0, 0.1) is 5.41 Å². The van der Waals surface area contributed by atoms with Crippen molar-refractivity contribution in [3.63, 3.8) is 0 Å². The molecule has 4 heteroatoms. The Morgan fingerprint density at radius 1 is 1.62 bits per heavy atom. The van der Waals surface area contributed by atoms with Crippen molar-refractivity contribution in [3.8, 4) is 0 Å². The zero-order valence-electron chi connectivity index (χ0n) is 7.82. The molecule has 1 N–H and O–H groups in total. The van der Waals surface area contributed by atoms with Crippen LogP contribution in [0.25, 0.3) is 0 Å². The SMILES string of the molecule is CN1CCC2(CCOC2=O)C(O)C1. The summed E-state index contributed by atoms with van der Waals surface area (Å²) in [6, 6.07) is 0. The molecular weight excluding hydrogens is 170 g/mol. The van der Waals surface area contributed by atoms with E-state index in [-0.39, 0.29) is 5.97 Å². The quantitative estimate of drug-likeness (QED) is 0.522. The number of aliphatic hydroxyl groups excluding tert-OH is 1. The number of rotatable bonds is 0. The van der Waals surface area contributed by atoms with E-state index in [1.165, 1.54) is 0 Å². The maximum Gasteiger partial charge on any atom is 0.314 e. The molecular formula is C9H15NO3. The first-order valence-electron chi connectivity index (χ1n) is 4.69. The van der Waals surface area contributed by atoms with E-state index in [9.17, 15) is 9.90 Å². The molecule has 2 atom stereocenters. The number of carbonyl (C=O) groups is 1. The standard InChI is InChI=1S/C9H15NO3/c1-10-4-2-9(7(11)6-10)3-5-13-8(9)12/h7,11H,2-6H2,1H3. The van der Waals surface area contributed by atoms with Gasteiger partial charge in [-0.3, -0.25) is 4.79 Å². The van der Waals surface area contributed by atoms with Crippen molar-refractivity contribution in [1.29, 1.82) is 0 Å². The van der Waals surface area contributed by atoms with Crippen LogP contribution in [0.4, 0.5) is 0 Å². The number of carbonyl (C=O) groups excluding carboxylic acids is 1. The van der Waals surface area contributed by atoms with E-state index in [1.807, 2.05) is 11.9 Å². The lowest BCUT2D eigenvalue weighted by Gasteiger charge is -2.38. The van der Waals surface area contributed by atoms with Crippen molar-refractivity contribution >= 4 is 5.97 Å². The molecule has 2 aliphatic rings. The molecule has 0 bridgehead atoms. The number of cyclic esters (lactones) is 1. The third-order valence-electron chi connectivity index (χ3n) is 3.25. The molecule has 0 saturated carbocycles. The normalized spacial score (nSPS) is 41.1. The van der Waals surface area contributed by atoms with Crippen molar-refractivity contribution < 1.29 is 14.6 Å². The van der Waals surface area contributed by atoms with Crippen LogP contribution in [0.2, 0.25) is 0 Å². The van der Waals surface area contributed by atoms with Gasteiger partial charge >= 0.3 is 5.97 Å². The Morgan fingerprint density at radius 3 is 2.92 bits per heavy atom. The molecule has 2 saturated heterocycles. The second-order valence-corrected chi connectivity index (χ2v) is 4.07. The first-order valence-corrected chi connectivity index (χ1v) is 4.69. The number of hydrogen-bond acceptors (Lipinski definition) is 4. The minimum atomic E-state index is -0.577. The highest BCUT2D eigenvalue weighted by molar-refractivity contribution is 5.79. The zero-order valence-corrected chi connectivity index (χ0v) is 7.82. The highest BCUT2D eigenvalue weighted by Gasteiger charge is 2.52. The predicted octanol–water partition coefficient (Wildman–Crippen LogP) is -0.384. The van der Waals surface area contributed by atoms with Gasteiger partial charge in [0.2, 0.25) is 0 Å². The van der Waals surface area contributed by atoms with E-state index in [0.717, 1.165) is 13.0 Å². The van der Waals surface area contributed by atoms with E-state index >= 15 is 0 Å². The van der Waals surface area contributed by atoms with E-state index in [0.29, 0.717) is 19.6 Å². The number of ether oxygens (including phenoxy) is 1. The minimum Gasteiger partial charge on any atom is -0.465 e. The summed E-state index contributed by atoms with van der Waals surface area (Å²) >= 11 is 0. The van der Waals surface area contributed by atoms with Gasteiger partial charge in [0.05, 0.1) is 18.1 Å². The lowest BCUT2D eigenvalue weighted by Crippen LogP contribution is -2.51. The topological polar surface area (TPSA) is 49.8 Å². The Balaban J connectivity index is 2.17. The van der Waals surface area contributed by atoms with E-state index in [2.05, 4.69) is 0 Å². The Morgan fingerprint density at radius 2 is 2.38 bits per heavy atom. The average molecular weight is 185 g/mol. The molecule has 2 heterocycles. The molecule has 74 valence electrons. The number of aliphatic hydroxyl groups is 1. The number of esters is 1. The van der Waals surface area contributed by atoms with E-state index in [1.54, 1.807) is 0 Å². The third kappa shape index (κ3) is 1.25. The van der Waals surface area contributed by atoms with Crippen molar-refractivity contribution in [2.75, 3.05) is 26.7 Å². The molecule has 2 fully saturated rings. The largest absolute Gasteiger partial charge is 0.465 e. The molecule has 0 aromatic heterocycles. The molecule has 0 aromatic rings. The minimum absolute atomic E-state index is 0.201. The Bertz CT molecular complexity index is 231. The van der Waals surface area contributed by atoms with Crippen LogP contribution in [0.5, 0.6) is 0 Å². The van der Waals surface area contributed by atoms with Gasteiger partial charge in [-0.15, -0.1) is 0 Å². The summed E-state index contributed by atoms with van der Waals surface area (Å²) in [5, 5.41) is 9.86. The van der Waals surface area contributed by atoms with Gasteiger partial charge in [-0.2, -0.15) is 0 Å². The van der Waals surface area contributed by atoms with Crippen LogP contribution in [0.15, 0.2) is 0 Å². The molecule has 2 unspecified atom stereocenters. The van der Waals surface area contributed by atoms with E-state index in [4.69, 9.17) is 4.74 Å².